The van der Waals surface area contributed by atoms with Crippen molar-refractivity contribution in [2.75, 3.05) is 18.5 Å². The number of halogens is 1. The number of aromatic amines is 3. The van der Waals surface area contributed by atoms with Crippen LogP contribution in [0, 0.1) is 12.7 Å². The number of anilines is 1. The van der Waals surface area contributed by atoms with Crippen LogP contribution in [0.25, 0.3) is 67.3 Å². The number of benzene rings is 6. The monoisotopic (exact) mass is 1430 g/mol. The van der Waals surface area contributed by atoms with Crippen LogP contribution in [0.5, 0.6) is 5.75 Å². The summed E-state index contributed by atoms with van der Waals surface area (Å²) in [6, 6.07) is 38.0. The van der Waals surface area contributed by atoms with Crippen molar-refractivity contribution in [3.63, 3.8) is 0 Å². The van der Waals surface area contributed by atoms with Gasteiger partial charge < -0.3 is 46.2 Å². The summed E-state index contributed by atoms with van der Waals surface area (Å²) in [5, 5.41) is 35.8. The average Bonchev–Trinajstić information content (AvgIpc) is 1.72. The number of sulfone groups is 3. The fourth-order valence-corrected chi connectivity index (χ4v) is 13.8. The van der Waals surface area contributed by atoms with E-state index in [1.54, 1.807) is 139 Å². The molecule has 24 nitrogen and oxygen atoms in total. The molecule has 28 heteroatoms. The molecule has 9 N–H and O–H groups in total. The molecule has 6 heterocycles. The predicted molar refractivity (Wildman–Crippen MR) is 387 cm³/mol. The van der Waals surface area contributed by atoms with E-state index >= 15 is 0 Å². The van der Waals surface area contributed by atoms with E-state index in [-0.39, 0.29) is 66.4 Å². The highest BCUT2D eigenvalue weighted by Gasteiger charge is 2.26. The van der Waals surface area contributed by atoms with E-state index in [9.17, 15) is 59.3 Å². The molecule has 2 unspecified atom stereocenters. The van der Waals surface area contributed by atoms with Gasteiger partial charge in [0.25, 0.3) is 17.7 Å². The van der Waals surface area contributed by atoms with Gasteiger partial charge in [-0.2, -0.15) is 0 Å². The van der Waals surface area contributed by atoms with E-state index in [1.165, 1.54) is 60.9 Å². The van der Waals surface area contributed by atoms with Crippen molar-refractivity contribution in [1.29, 1.82) is 0 Å². The lowest BCUT2D eigenvalue weighted by Gasteiger charge is -2.18. The second-order valence-corrected chi connectivity index (χ2v) is 31.9. The standard InChI is InChI=1S/C25H25FN4O4S.C25H26N4O5S.C23H22N4O3S.2H2/c1-15(2)35(33,34)19-9-5-17(6-10-19)22-14-28-24-23(29-22)20(13-27-24)25(32)30-21(11-12-31)16-3-7-18(26)8-4-16;1-15(2)35(33,34)19-8-6-16(7-9-19)22-14-27-24-23(28-22)20(13-26-24)25(32)29-21(10-11-30)17-4-3-5-18(31)12-17;1-14(2)31(29,30)18-9-7-16(8-10-18)20-13-25-22-21(27-20)19(12-24-22)23(28)26-17-6-4-5-15(3)11-17;;/h3-10,13-15,21,31H,11-12H2,1-2H3,(H,27,28)(H,30,32);3-9,12-15,21,30-31H,10-11H2,1-2H3,(H,26,27)(H,29,32);4-14H,1-3H3,(H,24,25)(H,26,28);2*1H. The molecule has 101 heavy (non-hydrogen) atoms. The SMILES string of the molecule is CC(C)S(=O)(=O)c1ccc(-c2cnc3[nH]cc(C(=O)NC(CCO)c4ccc(F)cc4)c3n2)cc1.CC(C)S(=O)(=O)c1ccc(-c2cnc3[nH]cc(C(=O)NC(CCO)c4cccc(O)c4)c3n2)cc1.Cc1cccc(NC(=O)c2c[nH]c3ncc(-c4ccc(S(=O)(=O)C(C)C)cc4)nc23)c1.[HH].[HH]. The van der Waals surface area contributed by atoms with Crippen LogP contribution in [0.1, 0.15) is 117 Å². The van der Waals surface area contributed by atoms with Crippen molar-refractivity contribution in [3.8, 4) is 39.5 Å². The Hall–Kier alpha value is -10.9. The van der Waals surface area contributed by atoms with Gasteiger partial charge in [0.05, 0.1) is 94.9 Å². The van der Waals surface area contributed by atoms with Gasteiger partial charge >= 0.3 is 0 Å². The van der Waals surface area contributed by atoms with Crippen molar-refractivity contribution < 1.29 is 62.2 Å². The number of carbonyl (C=O) groups excluding carboxylic acids is 3. The van der Waals surface area contributed by atoms with Crippen LogP contribution < -0.4 is 16.0 Å². The van der Waals surface area contributed by atoms with Gasteiger partial charge in [-0.15, -0.1) is 0 Å². The van der Waals surface area contributed by atoms with Gasteiger partial charge in [0.2, 0.25) is 0 Å². The van der Waals surface area contributed by atoms with Crippen molar-refractivity contribution in [2.45, 2.75) is 104 Å². The number of carbonyl (C=O) groups is 3. The van der Waals surface area contributed by atoms with Crippen LogP contribution in [0.4, 0.5) is 10.1 Å². The first-order valence-electron chi connectivity index (χ1n) is 32.0. The topological polar surface area (TPSA) is 375 Å². The van der Waals surface area contributed by atoms with Crippen LogP contribution in [-0.2, 0) is 29.5 Å². The molecule has 2 atom stereocenters. The number of nitrogens with one attached hydrogen (secondary N) is 6. The van der Waals surface area contributed by atoms with Gasteiger partial charge in [0, 0.05) is 57.0 Å². The highest BCUT2D eigenvalue weighted by molar-refractivity contribution is 7.92. The van der Waals surface area contributed by atoms with E-state index in [4.69, 9.17) is 0 Å². The van der Waals surface area contributed by atoms with E-state index in [0.717, 1.165) is 5.56 Å². The molecule has 6 aromatic heterocycles. The van der Waals surface area contributed by atoms with Crippen molar-refractivity contribution >= 4 is 86.4 Å². The number of fused-ring (bicyclic) bond motifs is 3. The largest absolute Gasteiger partial charge is 0.508 e. The molecule has 0 spiro atoms. The zero-order chi connectivity index (χ0) is 72.5. The molecule has 0 radical (unpaired) electrons. The maximum Gasteiger partial charge on any atom is 0.259 e. The lowest BCUT2D eigenvalue weighted by Crippen LogP contribution is -2.29. The lowest BCUT2D eigenvalue weighted by molar-refractivity contribution is 0.0922. The number of phenolic OH excluding ortho intramolecular Hbond substituents is 1. The van der Waals surface area contributed by atoms with Gasteiger partial charge in [-0.3, -0.25) is 14.4 Å². The number of amides is 3. The first-order valence-corrected chi connectivity index (χ1v) is 36.6. The smallest absolute Gasteiger partial charge is 0.259 e. The molecule has 0 saturated carbocycles. The summed E-state index contributed by atoms with van der Waals surface area (Å²) in [5.41, 5.74) is 10.0. The Morgan fingerprint density at radius 1 is 0.475 bits per heavy atom. The third-order valence-electron chi connectivity index (χ3n) is 16.4. The summed E-state index contributed by atoms with van der Waals surface area (Å²) < 4.78 is 87.5. The van der Waals surface area contributed by atoms with Crippen LogP contribution in [0.2, 0.25) is 0 Å². The van der Waals surface area contributed by atoms with Crippen LogP contribution in [-0.4, -0.2) is 132 Å². The molecular weight excluding hydrogens is 1350 g/mol. The Morgan fingerprint density at radius 3 is 1.20 bits per heavy atom. The maximum absolute atomic E-state index is 13.3. The Balaban J connectivity index is 0.000000194. The molecule has 0 aliphatic heterocycles. The summed E-state index contributed by atoms with van der Waals surface area (Å²) in [4.78, 5) is 75.4. The Kier molecular flexibility index (Phi) is 22.4. The number of rotatable bonds is 21. The van der Waals surface area contributed by atoms with E-state index in [0.29, 0.717) is 89.6 Å². The predicted octanol–water partition coefficient (Wildman–Crippen LogP) is 12.0. The Labute approximate surface area is 584 Å². The number of aliphatic hydroxyl groups is 2. The Bertz CT molecular complexity index is 5360. The normalized spacial score (nSPS) is 12.4. The summed E-state index contributed by atoms with van der Waals surface area (Å²) in [5.74, 6) is -1.46. The minimum Gasteiger partial charge on any atom is -0.508 e. The van der Waals surface area contributed by atoms with Crippen molar-refractivity contribution in [1.82, 2.24) is 55.5 Å². The van der Waals surface area contributed by atoms with Crippen molar-refractivity contribution in [2.24, 2.45) is 0 Å². The number of nitrogens with zero attached hydrogens (tertiary/aromatic N) is 6. The summed E-state index contributed by atoms with van der Waals surface area (Å²) in [7, 11) is -10.1. The van der Waals surface area contributed by atoms with Crippen LogP contribution >= 0.6 is 0 Å². The molecular formula is C73H77FN12O12S3. The van der Waals surface area contributed by atoms with E-state index in [1.807, 2.05) is 31.2 Å². The number of hydrogen-bond acceptors (Lipinski definition) is 18. The highest BCUT2D eigenvalue weighted by atomic mass is 32.2. The Morgan fingerprint density at radius 2 is 0.842 bits per heavy atom. The molecule has 0 bridgehead atoms. The second kappa shape index (κ2) is 31.1. The van der Waals surface area contributed by atoms with Gasteiger partial charge in [0.15, 0.2) is 46.5 Å². The number of aromatic hydroxyl groups is 1. The van der Waals surface area contributed by atoms with Crippen LogP contribution in [0.3, 0.4) is 0 Å². The molecule has 0 aliphatic rings. The number of hydrogen-bond donors (Lipinski definition) is 9. The molecule has 0 aliphatic carbocycles. The first kappa shape index (κ1) is 72.8. The lowest BCUT2D eigenvalue weighted by atomic mass is 10.0. The van der Waals surface area contributed by atoms with Gasteiger partial charge in [-0.05, 0) is 151 Å². The number of aliphatic hydroxyl groups excluding tert-OH is 2. The molecule has 6 aromatic carbocycles. The maximum atomic E-state index is 13.3. The van der Waals surface area contributed by atoms with Crippen molar-refractivity contribution in [3.05, 3.63) is 222 Å². The van der Waals surface area contributed by atoms with E-state index in [2.05, 4.69) is 60.8 Å². The number of phenols is 1. The summed E-state index contributed by atoms with van der Waals surface area (Å²) >= 11 is 0. The molecule has 3 amide bonds. The number of aromatic nitrogens is 9. The molecule has 0 saturated heterocycles. The summed E-state index contributed by atoms with van der Waals surface area (Å²) in [6.45, 7) is 11.5. The second-order valence-electron chi connectivity index (χ2n) is 24.4. The third-order valence-corrected chi connectivity index (χ3v) is 23.0. The minimum atomic E-state index is -3.39. The zero-order valence-corrected chi connectivity index (χ0v) is 58.3. The first-order chi connectivity index (χ1) is 48.2. The van der Waals surface area contributed by atoms with Gasteiger partial charge in [-0.1, -0.05) is 72.8 Å². The zero-order valence-electron chi connectivity index (χ0n) is 55.8. The van der Waals surface area contributed by atoms with Gasteiger partial charge in [-0.25, -0.2) is 59.5 Å². The van der Waals surface area contributed by atoms with Crippen LogP contribution in [0.15, 0.2) is 197 Å². The number of aryl methyl sites for hydroxylation is 1. The quantitative estimate of drug-likeness (QED) is 0.0323. The van der Waals surface area contributed by atoms with E-state index < -0.39 is 75.0 Å². The molecule has 12 rings (SSSR count). The molecule has 12 aromatic rings. The average molecular weight is 1430 g/mol. The third kappa shape index (κ3) is 16.7. The fourth-order valence-electron chi connectivity index (χ4n) is 10.6. The fraction of sp³-hybridized carbons (Fsp3) is 0.219. The molecule has 526 valence electrons. The summed E-state index contributed by atoms with van der Waals surface area (Å²) in [6.07, 6.45) is 9.80. The molecule has 0 fully saturated rings. The highest BCUT2D eigenvalue weighted by Crippen LogP contribution is 2.30. The number of H-pyrrole nitrogens is 3. The minimum absolute atomic E-state index is 0. The van der Waals surface area contributed by atoms with Gasteiger partial charge in [0.1, 0.15) is 28.1 Å².